The first kappa shape index (κ1) is 17.4. The zero-order chi connectivity index (χ0) is 19.0. The summed E-state index contributed by atoms with van der Waals surface area (Å²) in [4.78, 5) is 42.1. The second-order valence-corrected chi connectivity index (χ2v) is 7.17. The minimum absolute atomic E-state index is 0.0509. The number of esters is 1. The number of ether oxygens (including phenoxy) is 1. The fourth-order valence-electron chi connectivity index (χ4n) is 3.18. The van der Waals surface area contributed by atoms with Crippen molar-refractivity contribution in [1.29, 1.82) is 0 Å². The molecule has 1 fully saturated rings. The Morgan fingerprint density at radius 1 is 1.07 bits per heavy atom. The van der Waals surface area contributed by atoms with Crippen LogP contribution in [0.1, 0.15) is 5.56 Å². The summed E-state index contributed by atoms with van der Waals surface area (Å²) in [5.41, 5.74) is 1.59. The smallest absolute Gasteiger partial charge is 0.347 e. The molecule has 0 spiro atoms. The quantitative estimate of drug-likeness (QED) is 0.766. The molecule has 2 aliphatic rings. The van der Waals surface area contributed by atoms with Crippen molar-refractivity contribution in [1.82, 2.24) is 4.90 Å². The average Bonchev–Trinajstić information content (AvgIpc) is 2.70. The van der Waals surface area contributed by atoms with Crippen molar-refractivity contribution in [2.24, 2.45) is 0 Å². The summed E-state index contributed by atoms with van der Waals surface area (Å²) in [7, 11) is 1.26. The Balaban J connectivity index is 1.79. The SMILES string of the molecule is COC(=O)C1=C2C(=O)N(Cc3ccccc3)CC(=O)N2c2ccccc2S1. The molecule has 0 unspecified atom stereocenters. The Kier molecular flexibility index (Phi) is 4.45. The van der Waals surface area contributed by atoms with E-state index in [0.717, 1.165) is 22.2 Å². The summed E-state index contributed by atoms with van der Waals surface area (Å²) in [6, 6.07) is 16.6. The normalized spacial score (nSPS) is 16.2. The van der Waals surface area contributed by atoms with Gasteiger partial charge in [-0.2, -0.15) is 0 Å². The number of hydrogen-bond donors (Lipinski definition) is 0. The number of rotatable bonds is 3. The van der Waals surface area contributed by atoms with E-state index in [9.17, 15) is 14.4 Å². The molecule has 2 heterocycles. The number of methoxy groups -OCH3 is 1. The van der Waals surface area contributed by atoms with E-state index in [1.165, 1.54) is 16.9 Å². The van der Waals surface area contributed by atoms with Crippen molar-refractivity contribution >= 4 is 35.2 Å². The van der Waals surface area contributed by atoms with Crippen molar-refractivity contribution in [3.05, 3.63) is 70.8 Å². The molecule has 0 bridgehead atoms. The Bertz CT molecular complexity index is 971. The van der Waals surface area contributed by atoms with Gasteiger partial charge in [-0.25, -0.2) is 4.79 Å². The highest BCUT2D eigenvalue weighted by molar-refractivity contribution is 8.04. The predicted octanol–water partition coefficient (Wildman–Crippen LogP) is 2.55. The second-order valence-electron chi connectivity index (χ2n) is 6.12. The monoisotopic (exact) mass is 380 g/mol. The third-order valence-corrected chi connectivity index (χ3v) is 5.54. The summed E-state index contributed by atoms with van der Waals surface area (Å²) in [5, 5.41) is 0. The van der Waals surface area contributed by atoms with E-state index in [1.807, 2.05) is 42.5 Å². The van der Waals surface area contributed by atoms with Gasteiger partial charge in [0, 0.05) is 11.4 Å². The molecule has 1 saturated heterocycles. The van der Waals surface area contributed by atoms with Gasteiger partial charge in [0.1, 0.15) is 17.1 Å². The van der Waals surface area contributed by atoms with E-state index in [1.54, 1.807) is 12.1 Å². The summed E-state index contributed by atoms with van der Waals surface area (Å²) < 4.78 is 4.86. The molecule has 7 heteroatoms. The highest BCUT2D eigenvalue weighted by Crippen LogP contribution is 2.45. The molecular formula is C20H16N2O4S. The summed E-state index contributed by atoms with van der Waals surface area (Å²) in [5.74, 6) is -1.24. The van der Waals surface area contributed by atoms with Crippen molar-refractivity contribution in [2.75, 3.05) is 18.6 Å². The molecule has 0 radical (unpaired) electrons. The van der Waals surface area contributed by atoms with Gasteiger partial charge in [-0.05, 0) is 17.7 Å². The highest BCUT2D eigenvalue weighted by atomic mass is 32.2. The van der Waals surface area contributed by atoms with Gasteiger partial charge >= 0.3 is 5.97 Å². The van der Waals surface area contributed by atoms with Gasteiger partial charge in [0.25, 0.3) is 11.8 Å². The molecule has 0 aromatic heterocycles. The molecular weight excluding hydrogens is 364 g/mol. The molecule has 6 nitrogen and oxygen atoms in total. The van der Waals surface area contributed by atoms with E-state index in [0.29, 0.717) is 12.2 Å². The molecule has 2 aromatic rings. The topological polar surface area (TPSA) is 66.9 Å². The maximum atomic E-state index is 13.2. The number of hydrogen-bond acceptors (Lipinski definition) is 5. The lowest BCUT2D eigenvalue weighted by atomic mass is 10.1. The number of carbonyl (C=O) groups excluding carboxylic acids is 3. The fourth-order valence-corrected chi connectivity index (χ4v) is 4.25. The van der Waals surface area contributed by atoms with Crippen molar-refractivity contribution in [3.8, 4) is 0 Å². The molecule has 2 aromatic carbocycles. The molecule has 0 saturated carbocycles. The average molecular weight is 380 g/mol. The van der Waals surface area contributed by atoms with Gasteiger partial charge in [-0.1, -0.05) is 54.2 Å². The number of fused-ring (bicyclic) bond motifs is 3. The number of piperazine rings is 1. The standard InChI is InChI=1S/C20H16N2O4S/c1-26-20(25)18-17-19(24)21(11-13-7-3-2-4-8-13)12-16(23)22(17)14-9-5-6-10-15(14)27-18/h2-10H,11-12H2,1H3. The fraction of sp³-hybridized carbons (Fsp3) is 0.150. The minimum Gasteiger partial charge on any atom is -0.465 e. The molecule has 0 aliphatic carbocycles. The van der Waals surface area contributed by atoms with Crippen LogP contribution in [0.2, 0.25) is 0 Å². The summed E-state index contributed by atoms with van der Waals surface area (Å²) in [6.45, 7) is 0.244. The Hall–Kier alpha value is -3.06. The Labute approximate surface area is 160 Å². The number of nitrogens with zero attached hydrogens (tertiary/aromatic N) is 2. The predicted molar refractivity (Wildman–Crippen MR) is 101 cm³/mol. The van der Waals surface area contributed by atoms with Gasteiger partial charge in [0.05, 0.1) is 12.8 Å². The molecule has 27 heavy (non-hydrogen) atoms. The maximum Gasteiger partial charge on any atom is 0.347 e. The van der Waals surface area contributed by atoms with Gasteiger partial charge in [-0.3, -0.25) is 14.5 Å². The van der Waals surface area contributed by atoms with E-state index in [-0.39, 0.29) is 29.0 Å². The zero-order valence-corrected chi connectivity index (χ0v) is 15.4. The third-order valence-electron chi connectivity index (χ3n) is 4.41. The molecule has 2 amide bonds. The first-order valence-corrected chi connectivity index (χ1v) is 9.17. The summed E-state index contributed by atoms with van der Waals surface area (Å²) in [6.07, 6.45) is 0. The van der Waals surface area contributed by atoms with E-state index in [4.69, 9.17) is 4.74 Å². The Morgan fingerprint density at radius 3 is 2.52 bits per heavy atom. The van der Waals surface area contributed by atoms with Gasteiger partial charge in [-0.15, -0.1) is 0 Å². The minimum atomic E-state index is -0.628. The first-order chi connectivity index (χ1) is 13.1. The molecule has 0 atom stereocenters. The largest absolute Gasteiger partial charge is 0.465 e. The van der Waals surface area contributed by atoms with E-state index in [2.05, 4.69) is 0 Å². The lowest BCUT2D eigenvalue weighted by molar-refractivity contribution is -0.138. The van der Waals surface area contributed by atoms with Gasteiger partial charge in [0.2, 0.25) is 0 Å². The molecule has 0 N–H and O–H groups in total. The van der Waals surface area contributed by atoms with Crippen LogP contribution in [0, 0.1) is 0 Å². The zero-order valence-electron chi connectivity index (χ0n) is 14.5. The van der Waals surface area contributed by atoms with Crippen LogP contribution in [0.3, 0.4) is 0 Å². The molecule has 2 aliphatic heterocycles. The number of thioether (sulfide) groups is 1. The number of carbonyl (C=O) groups is 3. The van der Waals surface area contributed by atoms with Gasteiger partial charge in [0.15, 0.2) is 0 Å². The van der Waals surface area contributed by atoms with Crippen LogP contribution >= 0.6 is 11.8 Å². The second kappa shape index (κ2) is 6.92. The van der Waals surface area contributed by atoms with Crippen LogP contribution in [0.15, 0.2) is 70.1 Å². The van der Waals surface area contributed by atoms with Gasteiger partial charge < -0.3 is 9.64 Å². The van der Waals surface area contributed by atoms with Crippen molar-refractivity contribution in [3.63, 3.8) is 0 Å². The van der Waals surface area contributed by atoms with Crippen LogP contribution in [-0.2, 0) is 25.7 Å². The van der Waals surface area contributed by atoms with Crippen LogP contribution in [0.25, 0.3) is 0 Å². The highest BCUT2D eigenvalue weighted by Gasteiger charge is 2.43. The number of para-hydroxylation sites is 1. The van der Waals surface area contributed by atoms with Crippen LogP contribution in [0.4, 0.5) is 5.69 Å². The maximum absolute atomic E-state index is 13.2. The molecule has 4 rings (SSSR count). The lowest BCUT2D eigenvalue weighted by Gasteiger charge is -2.39. The number of benzene rings is 2. The summed E-state index contributed by atoms with van der Waals surface area (Å²) >= 11 is 1.15. The van der Waals surface area contributed by atoms with Crippen LogP contribution in [-0.4, -0.2) is 36.3 Å². The molecule has 136 valence electrons. The Morgan fingerprint density at radius 2 is 1.78 bits per heavy atom. The van der Waals surface area contributed by atoms with Crippen molar-refractivity contribution in [2.45, 2.75) is 11.4 Å². The van der Waals surface area contributed by atoms with Crippen LogP contribution < -0.4 is 4.90 Å². The number of amides is 2. The van der Waals surface area contributed by atoms with E-state index < -0.39 is 5.97 Å². The number of anilines is 1. The first-order valence-electron chi connectivity index (χ1n) is 8.36. The lowest BCUT2D eigenvalue weighted by Crippen LogP contribution is -2.53. The van der Waals surface area contributed by atoms with Crippen LogP contribution in [0.5, 0.6) is 0 Å². The third kappa shape index (κ3) is 3.00. The van der Waals surface area contributed by atoms with E-state index >= 15 is 0 Å². The van der Waals surface area contributed by atoms with Crippen molar-refractivity contribution < 1.29 is 19.1 Å².